The highest BCUT2D eigenvalue weighted by Crippen LogP contribution is 2.38. The molecule has 1 fully saturated rings. The summed E-state index contributed by atoms with van der Waals surface area (Å²) in [5.74, 6) is 0.684. The quantitative estimate of drug-likeness (QED) is 0.886. The Hall–Kier alpha value is -2.18. The summed E-state index contributed by atoms with van der Waals surface area (Å²) in [5.41, 5.74) is 2.80. The zero-order valence-corrected chi connectivity index (χ0v) is 11.7. The number of hydrogen-bond donors (Lipinski definition) is 2. The van der Waals surface area contributed by atoms with Gasteiger partial charge in [0.2, 0.25) is 0 Å². The van der Waals surface area contributed by atoms with Crippen LogP contribution >= 0.6 is 0 Å². The highest BCUT2D eigenvalue weighted by molar-refractivity contribution is 5.89. The molecule has 2 heterocycles. The Balaban J connectivity index is 1.71. The van der Waals surface area contributed by atoms with Gasteiger partial charge < -0.3 is 9.84 Å². The number of hydrogen-bond acceptors (Lipinski definition) is 5. The average molecular weight is 275 g/mol. The number of amides is 1. The van der Waals surface area contributed by atoms with Gasteiger partial charge in [0.1, 0.15) is 0 Å². The molecule has 1 saturated carbocycles. The number of nitrogens with zero attached hydrogens (tertiary/aromatic N) is 3. The van der Waals surface area contributed by atoms with E-state index in [0.29, 0.717) is 11.7 Å². The van der Waals surface area contributed by atoms with Crippen LogP contribution in [-0.2, 0) is 0 Å². The number of aromatic amines is 1. The standard InChI is InChI=1S/C13H17N5O2/c1-6(10-7(2)16-17-8(10)3)14-12(19)13-15-11(18-20-13)9-4-5-9/h6,9H,4-5H2,1-3H3,(H,14,19)(H,16,17). The molecule has 2 aromatic heterocycles. The Morgan fingerprint density at radius 1 is 1.45 bits per heavy atom. The van der Waals surface area contributed by atoms with E-state index in [0.717, 1.165) is 29.8 Å². The molecule has 20 heavy (non-hydrogen) atoms. The Labute approximate surface area is 116 Å². The number of rotatable bonds is 4. The summed E-state index contributed by atoms with van der Waals surface area (Å²) in [7, 11) is 0. The van der Waals surface area contributed by atoms with Crippen LogP contribution in [0.2, 0.25) is 0 Å². The van der Waals surface area contributed by atoms with Gasteiger partial charge in [0.25, 0.3) is 0 Å². The number of aryl methyl sites for hydroxylation is 2. The second-order valence-electron chi connectivity index (χ2n) is 5.27. The van der Waals surface area contributed by atoms with E-state index < -0.39 is 0 Å². The van der Waals surface area contributed by atoms with E-state index in [1.165, 1.54) is 0 Å². The lowest BCUT2D eigenvalue weighted by Gasteiger charge is -2.12. The van der Waals surface area contributed by atoms with Crippen molar-refractivity contribution in [1.82, 2.24) is 25.7 Å². The molecular formula is C13H17N5O2. The molecule has 2 aromatic rings. The fourth-order valence-electron chi connectivity index (χ4n) is 2.36. The summed E-state index contributed by atoms with van der Waals surface area (Å²) in [6.45, 7) is 5.73. The molecule has 2 N–H and O–H groups in total. The number of carbonyl (C=O) groups excluding carboxylic acids is 1. The first kappa shape index (κ1) is 12.8. The highest BCUT2D eigenvalue weighted by atomic mass is 16.5. The maximum Gasteiger partial charge on any atom is 0.315 e. The van der Waals surface area contributed by atoms with Crippen molar-refractivity contribution >= 4 is 5.91 Å². The molecule has 0 aromatic carbocycles. The molecular weight excluding hydrogens is 258 g/mol. The monoisotopic (exact) mass is 275 g/mol. The molecule has 0 spiro atoms. The van der Waals surface area contributed by atoms with Crippen molar-refractivity contribution in [2.45, 2.75) is 45.6 Å². The maximum atomic E-state index is 12.1. The minimum absolute atomic E-state index is 0.0255. The lowest BCUT2D eigenvalue weighted by Crippen LogP contribution is -2.27. The molecule has 1 aliphatic rings. The first-order valence-electron chi connectivity index (χ1n) is 6.72. The Bertz CT molecular complexity index is 621. The maximum absolute atomic E-state index is 12.1. The summed E-state index contributed by atoms with van der Waals surface area (Å²) >= 11 is 0. The number of carbonyl (C=O) groups is 1. The second kappa shape index (κ2) is 4.73. The first-order valence-corrected chi connectivity index (χ1v) is 6.72. The van der Waals surface area contributed by atoms with E-state index in [1.54, 1.807) is 0 Å². The van der Waals surface area contributed by atoms with Gasteiger partial charge in [-0.2, -0.15) is 10.1 Å². The van der Waals surface area contributed by atoms with Gasteiger partial charge in [0, 0.05) is 17.2 Å². The second-order valence-corrected chi connectivity index (χ2v) is 5.27. The first-order chi connectivity index (χ1) is 9.56. The van der Waals surface area contributed by atoms with Crippen molar-refractivity contribution in [2.75, 3.05) is 0 Å². The molecule has 0 radical (unpaired) electrons. The molecule has 7 heteroatoms. The number of nitrogens with one attached hydrogen (secondary N) is 2. The average Bonchev–Trinajstić information content (AvgIpc) is 3.03. The van der Waals surface area contributed by atoms with Gasteiger partial charge >= 0.3 is 11.8 Å². The van der Waals surface area contributed by atoms with E-state index in [-0.39, 0.29) is 17.8 Å². The van der Waals surface area contributed by atoms with Gasteiger partial charge in [-0.15, -0.1) is 0 Å². The van der Waals surface area contributed by atoms with Crippen LogP contribution in [0.25, 0.3) is 0 Å². The molecule has 1 unspecified atom stereocenters. The SMILES string of the molecule is Cc1n[nH]c(C)c1C(C)NC(=O)c1nc(C2CC2)no1. The van der Waals surface area contributed by atoms with Crippen LogP contribution in [0.15, 0.2) is 4.52 Å². The summed E-state index contributed by atoms with van der Waals surface area (Å²) in [6, 6.07) is -0.169. The molecule has 1 atom stereocenters. The third kappa shape index (κ3) is 2.31. The lowest BCUT2D eigenvalue weighted by molar-refractivity contribution is 0.0895. The fraction of sp³-hybridized carbons (Fsp3) is 0.538. The van der Waals surface area contributed by atoms with E-state index in [2.05, 4.69) is 25.7 Å². The third-order valence-electron chi connectivity index (χ3n) is 3.54. The molecule has 1 aliphatic carbocycles. The largest absolute Gasteiger partial charge is 0.341 e. The molecule has 7 nitrogen and oxygen atoms in total. The summed E-state index contributed by atoms with van der Waals surface area (Å²) in [5, 5.41) is 13.7. The van der Waals surface area contributed by atoms with E-state index in [1.807, 2.05) is 20.8 Å². The summed E-state index contributed by atoms with van der Waals surface area (Å²) in [6.07, 6.45) is 2.15. The minimum atomic E-state index is -0.350. The van der Waals surface area contributed by atoms with E-state index >= 15 is 0 Å². The molecule has 0 saturated heterocycles. The zero-order chi connectivity index (χ0) is 14.3. The third-order valence-corrected chi connectivity index (χ3v) is 3.54. The van der Waals surface area contributed by atoms with Gasteiger partial charge in [-0.05, 0) is 33.6 Å². The fourth-order valence-corrected chi connectivity index (χ4v) is 2.36. The predicted molar refractivity (Wildman–Crippen MR) is 70.2 cm³/mol. The van der Waals surface area contributed by atoms with Gasteiger partial charge in [-0.25, -0.2) is 0 Å². The van der Waals surface area contributed by atoms with Crippen molar-refractivity contribution in [3.05, 3.63) is 28.7 Å². The Morgan fingerprint density at radius 3 is 2.80 bits per heavy atom. The highest BCUT2D eigenvalue weighted by Gasteiger charge is 2.30. The molecule has 0 bridgehead atoms. The van der Waals surface area contributed by atoms with Crippen molar-refractivity contribution < 1.29 is 9.32 Å². The van der Waals surface area contributed by atoms with Crippen LogP contribution in [0.1, 0.15) is 65.2 Å². The minimum Gasteiger partial charge on any atom is -0.341 e. The predicted octanol–water partition coefficient (Wildman–Crippen LogP) is 1.78. The van der Waals surface area contributed by atoms with Crippen LogP contribution in [0.4, 0.5) is 0 Å². The van der Waals surface area contributed by atoms with Gasteiger partial charge in [0.05, 0.1) is 11.7 Å². The molecule has 1 amide bonds. The zero-order valence-electron chi connectivity index (χ0n) is 11.7. The van der Waals surface area contributed by atoms with Gasteiger partial charge in [-0.3, -0.25) is 9.89 Å². The lowest BCUT2D eigenvalue weighted by atomic mass is 10.1. The van der Waals surface area contributed by atoms with Crippen LogP contribution in [0.3, 0.4) is 0 Å². The Morgan fingerprint density at radius 2 is 2.20 bits per heavy atom. The smallest absolute Gasteiger partial charge is 0.315 e. The number of aromatic nitrogens is 4. The van der Waals surface area contributed by atoms with Crippen LogP contribution in [-0.4, -0.2) is 26.2 Å². The van der Waals surface area contributed by atoms with Gasteiger partial charge in [-0.1, -0.05) is 5.16 Å². The molecule has 3 rings (SSSR count). The van der Waals surface area contributed by atoms with Crippen molar-refractivity contribution in [2.24, 2.45) is 0 Å². The topological polar surface area (TPSA) is 96.7 Å². The van der Waals surface area contributed by atoms with Crippen molar-refractivity contribution in [3.8, 4) is 0 Å². The van der Waals surface area contributed by atoms with Crippen molar-refractivity contribution in [3.63, 3.8) is 0 Å². The van der Waals surface area contributed by atoms with E-state index in [4.69, 9.17) is 4.52 Å². The summed E-state index contributed by atoms with van der Waals surface area (Å²) in [4.78, 5) is 16.2. The molecule has 106 valence electrons. The van der Waals surface area contributed by atoms with Crippen LogP contribution in [0.5, 0.6) is 0 Å². The number of H-pyrrole nitrogens is 1. The van der Waals surface area contributed by atoms with Crippen LogP contribution in [0, 0.1) is 13.8 Å². The summed E-state index contributed by atoms with van der Waals surface area (Å²) < 4.78 is 5.01. The molecule has 0 aliphatic heterocycles. The van der Waals surface area contributed by atoms with Gasteiger partial charge in [0.15, 0.2) is 5.82 Å². The van der Waals surface area contributed by atoms with Crippen LogP contribution < -0.4 is 5.32 Å². The normalized spacial score (nSPS) is 16.1. The van der Waals surface area contributed by atoms with Crippen molar-refractivity contribution in [1.29, 1.82) is 0 Å². The Kier molecular flexibility index (Phi) is 3.04. The van der Waals surface area contributed by atoms with E-state index in [9.17, 15) is 4.79 Å².